The molecule has 7 heteroatoms. The summed E-state index contributed by atoms with van der Waals surface area (Å²) in [5, 5.41) is 9.76. The van der Waals surface area contributed by atoms with E-state index in [0.717, 1.165) is 25.7 Å². The Balaban J connectivity index is 0.000000361. The standard InChI is InChI=1S/C24H19BN3.C13H24O2.Ir/c1-17-9-7-10-18(2)23(17)25-20-12-8-11-19(21-13-3-5-15-26-21)24(20)27-22-14-4-6-16-28(22)25;1-5-10(6-2)12(14)9-13(15)11(7-3)8-4;/h3-10,12-16H,1-2H3;9-11,14H,5-8H2,1-4H3;/q-1;;/b;12-9-;/i1D3,2D3;;. The molecule has 5 rings (SSSR count). The van der Waals surface area contributed by atoms with Gasteiger partial charge in [-0.15, -0.1) is 29.2 Å². The van der Waals surface area contributed by atoms with Crippen molar-refractivity contribution >= 4 is 35.1 Å². The minimum atomic E-state index is -2.51. The van der Waals surface area contributed by atoms with E-state index in [9.17, 15) is 9.90 Å². The minimum Gasteiger partial charge on any atom is -0.512 e. The molecule has 0 fully saturated rings. The molecule has 0 unspecified atom stereocenters. The number of aryl methyl sites for hydroxylation is 2. The molecule has 2 aromatic carbocycles. The predicted octanol–water partition coefficient (Wildman–Crippen LogP) is 7.57. The first kappa shape index (κ1) is 26.8. The molecule has 0 aliphatic carbocycles. The number of hydrogen-bond acceptors (Lipinski definition) is 5. The molecule has 0 bridgehead atoms. The summed E-state index contributed by atoms with van der Waals surface area (Å²) in [7, 11) is 0. The van der Waals surface area contributed by atoms with Crippen LogP contribution in [0.5, 0.6) is 0 Å². The second-order valence-corrected chi connectivity index (χ2v) is 10.6. The molecular weight excluding hydrogens is 721 g/mol. The van der Waals surface area contributed by atoms with Crippen LogP contribution in [0.2, 0.25) is 0 Å². The normalized spacial score (nSPS) is 16.1. The van der Waals surface area contributed by atoms with Crippen molar-refractivity contribution < 1.29 is 38.2 Å². The maximum Gasteiger partial charge on any atom is 0.312 e. The van der Waals surface area contributed by atoms with E-state index < -0.39 is 20.6 Å². The molecule has 1 N–H and O–H groups in total. The monoisotopic (exact) mass is 771 g/mol. The summed E-state index contributed by atoms with van der Waals surface area (Å²) >= 11 is 0. The fourth-order valence-electron chi connectivity index (χ4n) is 5.51. The van der Waals surface area contributed by atoms with Crippen molar-refractivity contribution in [1.82, 2.24) is 9.79 Å². The summed E-state index contributed by atoms with van der Waals surface area (Å²) in [6, 6.07) is 16.8. The van der Waals surface area contributed by atoms with Crippen LogP contribution < -0.4 is 10.9 Å². The van der Waals surface area contributed by atoms with Crippen LogP contribution in [0, 0.1) is 31.6 Å². The van der Waals surface area contributed by atoms with E-state index in [1.54, 1.807) is 18.5 Å². The van der Waals surface area contributed by atoms with Gasteiger partial charge < -0.3 is 14.9 Å². The Labute approximate surface area is 285 Å². The molecule has 5 nitrogen and oxygen atoms in total. The molecule has 3 aromatic rings. The Kier molecular flexibility index (Phi) is 10.1. The molecule has 0 amide bonds. The molecule has 0 saturated carbocycles. The van der Waals surface area contributed by atoms with E-state index in [2.05, 4.69) is 11.1 Å². The fraction of sp³-hybridized carbons (Fsp3) is 0.324. The number of hydrogen-bond donors (Lipinski definition) is 1. The number of aliphatic hydroxyl groups is 1. The summed E-state index contributed by atoms with van der Waals surface area (Å²) in [6.07, 6.45) is 13.9. The number of allylic oxidation sites excluding steroid dienone is 4. The molecule has 44 heavy (non-hydrogen) atoms. The molecule has 3 heterocycles. The van der Waals surface area contributed by atoms with Crippen molar-refractivity contribution in [2.45, 2.75) is 67.1 Å². The van der Waals surface area contributed by atoms with E-state index in [1.165, 1.54) is 24.3 Å². The van der Waals surface area contributed by atoms with E-state index in [0.29, 0.717) is 28.2 Å². The smallest absolute Gasteiger partial charge is 0.312 e. The van der Waals surface area contributed by atoms with Crippen LogP contribution in [0.1, 0.15) is 72.7 Å². The average Bonchev–Trinajstić information content (AvgIpc) is 3.07. The van der Waals surface area contributed by atoms with Crippen LogP contribution in [-0.4, -0.2) is 33.4 Å². The Morgan fingerprint density at radius 2 is 1.70 bits per heavy atom. The number of benzene rings is 2. The van der Waals surface area contributed by atoms with Gasteiger partial charge in [-0.2, -0.15) is 0 Å². The maximum absolute atomic E-state index is 11.7. The zero-order valence-electron chi connectivity index (χ0n) is 31.7. The van der Waals surface area contributed by atoms with Gasteiger partial charge in [0.2, 0.25) is 0 Å². The quantitative estimate of drug-likeness (QED) is 0.106. The first-order chi connectivity index (χ1) is 23.3. The van der Waals surface area contributed by atoms with Gasteiger partial charge in [0.1, 0.15) is 5.84 Å². The van der Waals surface area contributed by atoms with Crippen molar-refractivity contribution in [1.29, 1.82) is 0 Å². The minimum absolute atomic E-state index is 0. The molecule has 0 saturated heterocycles. The van der Waals surface area contributed by atoms with Crippen LogP contribution >= 0.6 is 0 Å². The zero-order valence-corrected chi connectivity index (χ0v) is 28.1. The zero-order chi connectivity index (χ0) is 35.9. The predicted molar refractivity (Wildman–Crippen MR) is 181 cm³/mol. The Bertz CT molecular complexity index is 1720. The average molecular weight is 771 g/mol. The SMILES string of the molecule is CCC(CC)C(=O)/C=C(\O)C(CC)CC.[2H]C([2H])([2H])c1cccc(C([2H])([2H])[2H])c1B1c2cc[c-]c(-c3ccccn3)c2N=C2C=CC=CN12.[Ir]. The van der Waals surface area contributed by atoms with E-state index in [1.807, 2.05) is 75.0 Å². The number of aliphatic imine (C=N–C) groups is 1. The van der Waals surface area contributed by atoms with Crippen LogP contribution in [0.4, 0.5) is 5.69 Å². The molecule has 1 aromatic heterocycles. The second kappa shape index (κ2) is 16.5. The second-order valence-electron chi connectivity index (χ2n) is 10.6. The number of aliphatic hydroxyl groups excluding tert-OH is 1. The number of amidine groups is 1. The van der Waals surface area contributed by atoms with Crippen molar-refractivity contribution in [2.75, 3.05) is 0 Å². The molecule has 0 spiro atoms. The van der Waals surface area contributed by atoms with Gasteiger partial charge in [0.15, 0.2) is 5.78 Å². The number of ketones is 1. The van der Waals surface area contributed by atoms with Gasteiger partial charge >= 0.3 is 6.85 Å². The Morgan fingerprint density at radius 1 is 1.00 bits per heavy atom. The van der Waals surface area contributed by atoms with E-state index in [4.69, 9.17) is 13.2 Å². The van der Waals surface area contributed by atoms with Crippen molar-refractivity contribution in [2.24, 2.45) is 16.8 Å². The first-order valence-corrected chi connectivity index (χ1v) is 15.0. The van der Waals surface area contributed by atoms with Crippen molar-refractivity contribution in [3.63, 3.8) is 0 Å². The molecule has 231 valence electrons. The molecule has 2 aliphatic rings. The summed E-state index contributed by atoms with van der Waals surface area (Å²) in [5.41, 5.74) is 2.88. The van der Waals surface area contributed by atoms with Crippen molar-refractivity contribution in [3.05, 3.63) is 108 Å². The van der Waals surface area contributed by atoms with Crippen molar-refractivity contribution in [3.8, 4) is 11.3 Å². The maximum atomic E-state index is 11.7. The summed E-state index contributed by atoms with van der Waals surface area (Å²) in [6.45, 7) is 2.34. The van der Waals surface area contributed by atoms with Gasteiger partial charge in [-0.1, -0.05) is 75.2 Å². The van der Waals surface area contributed by atoms with Gasteiger partial charge in [0.05, 0.1) is 5.76 Å². The van der Waals surface area contributed by atoms with Gasteiger partial charge in [-0.3, -0.25) is 9.79 Å². The fourth-order valence-corrected chi connectivity index (χ4v) is 5.51. The third-order valence-corrected chi connectivity index (χ3v) is 8.05. The first-order valence-electron chi connectivity index (χ1n) is 18.0. The summed E-state index contributed by atoms with van der Waals surface area (Å²) in [4.78, 5) is 22.8. The van der Waals surface area contributed by atoms with Crippen LogP contribution in [0.15, 0.2) is 96.0 Å². The summed E-state index contributed by atoms with van der Waals surface area (Å²) in [5.74, 6) is 1.12. The third kappa shape index (κ3) is 7.75. The van der Waals surface area contributed by atoms with E-state index in [-0.39, 0.29) is 60.1 Å². The summed E-state index contributed by atoms with van der Waals surface area (Å²) < 4.78 is 49.1. The van der Waals surface area contributed by atoms with Crippen LogP contribution in [0.25, 0.3) is 11.3 Å². The topological polar surface area (TPSA) is 65.8 Å². The van der Waals surface area contributed by atoms with E-state index >= 15 is 0 Å². The number of aromatic nitrogens is 1. The van der Waals surface area contributed by atoms with Gasteiger partial charge in [0, 0.05) is 52.4 Å². The third-order valence-electron chi connectivity index (χ3n) is 8.05. The number of nitrogens with zero attached hydrogens (tertiary/aromatic N) is 3. The van der Waals surface area contributed by atoms with Gasteiger partial charge in [0.25, 0.3) is 0 Å². The molecule has 2 aliphatic heterocycles. The largest absolute Gasteiger partial charge is 0.512 e. The number of rotatable bonds is 9. The Hall–Kier alpha value is -3.54. The number of carbonyl (C=O) groups is 1. The molecular formula is C37H43BIrN3O2-. The van der Waals surface area contributed by atoms with Crippen LogP contribution in [-0.2, 0) is 24.9 Å². The number of carbonyl (C=O) groups excluding carboxylic acids is 1. The van der Waals surface area contributed by atoms with Gasteiger partial charge in [-0.05, 0) is 80.6 Å². The van der Waals surface area contributed by atoms with Gasteiger partial charge in [-0.25, -0.2) is 0 Å². The number of fused-ring (bicyclic) bond motifs is 2. The molecule has 0 atom stereocenters. The van der Waals surface area contributed by atoms with Crippen LogP contribution in [0.3, 0.4) is 0 Å². The number of pyridine rings is 1. The Morgan fingerprint density at radius 3 is 2.32 bits per heavy atom. The molecule has 1 radical (unpaired) electrons.